The minimum Gasteiger partial charge on any atom is -0.306 e. The zero-order valence-corrected chi connectivity index (χ0v) is 17.2. The maximum atomic E-state index is 13.7. The summed E-state index contributed by atoms with van der Waals surface area (Å²) in [5, 5.41) is 8.24. The number of piperidine rings is 1. The van der Waals surface area contributed by atoms with E-state index in [9.17, 15) is 4.79 Å². The number of nitrogens with zero attached hydrogens (tertiary/aromatic N) is 6. The molecule has 0 spiro atoms. The molecule has 1 aromatic carbocycles. The van der Waals surface area contributed by atoms with Crippen LogP contribution in [0, 0.1) is 0 Å². The molecule has 0 N–H and O–H groups in total. The fourth-order valence-corrected chi connectivity index (χ4v) is 4.20. The van der Waals surface area contributed by atoms with Crippen molar-refractivity contribution >= 4 is 34.5 Å². The molecule has 1 fully saturated rings. The van der Waals surface area contributed by atoms with Crippen molar-refractivity contribution in [3.8, 4) is 0 Å². The molecule has 0 saturated carbocycles. The lowest BCUT2D eigenvalue weighted by molar-refractivity contribution is 0.0965. The highest BCUT2D eigenvalue weighted by Crippen LogP contribution is 2.29. The summed E-state index contributed by atoms with van der Waals surface area (Å²) in [5.74, 6) is -0.0410. The number of fused-ring (bicyclic) bond motifs is 1. The highest BCUT2D eigenvalue weighted by Gasteiger charge is 2.30. The normalized spacial score (nSPS) is 15.8. The van der Waals surface area contributed by atoms with E-state index in [4.69, 9.17) is 0 Å². The maximum Gasteiger partial charge on any atom is 0.260 e. The second-order valence-corrected chi connectivity index (χ2v) is 8.03. The Morgan fingerprint density at radius 3 is 2.75 bits per heavy atom. The summed E-state index contributed by atoms with van der Waals surface area (Å²) >= 11 is 1.68. The summed E-state index contributed by atoms with van der Waals surface area (Å²) in [5.41, 5.74) is 2.65. The van der Waals surface area contributed by atoms with Crippen LogP contribution in [0.15, 0.2) is 41.4 Å². The van der Waals surface area contributed by atoms with Gasteiger partial charge in [0.1, 0.15) is 5.52 Å². The third-order valence-electron chi connectivity index (χ3n) is 5.32. The van der Waals surface area contributed by atoms with Gasteiger partial charge < -0.3 is 9.80 Å². The predicted molar refractivity (Wildman–Crippen MR) is 112 cm³/mol. The van der Waals surface area contributed by atoms with Gasteiger partial charge in [0.05, 0.1) is 5.56 Å². The molecule has 3 aromatic rings. The van der Waals surface area contributed by atoms with Crippen molar-refractivity contribution in [2.24, 2.45) is 7.05 Å². The molecule has 1 aliphatic rings. The van der Waals surface area contributed by atoms with Gasteiger partial charge in [-0.05, 0) is 63.5 Å². The molecule has 1 saturated heterocycles. The fraction of sp³-hybridized carbons (Fsp3) is 0.400. The van der Waals surface area contributed by atoms with E-state index in [1.54, 1.807) is 35.8 Å². The molecule has 0 bridgehead atoms. The van der Waals surface area contributed by atoms with Gasteiger partial charge >= 0.3 is 0 Å². The molecule has 0 aliphatic carbocycles. The van der Waals surface area contributed by atoms with E-state index in [2.05, 4.69) is 39.4 Å². The Balaban J connectivity index is 1.78. The van der Waals surface area contributed by atoms with Crippen molar-refractivity contribution in [2.75, 3.05) is 31.3 Å². The average molecular weight is 397 g/mol. The van der Waals surface area contributed by atoms with Crippen LogP contribution in [0.5, 0.6) is 0 Å². The summed E-state index contributed by atoms with van der Waals surface area (Å²) < 4.78 is 1.60. The molecule has 8 heteroatoms. The molecule has 1 amide bonds. The number of carbonyl (C=O) groups is 1. The predicted octanol–water partition coefficient (Wildman–Crippen LogP) is 2.83. The Kier molecular flexibility index (Phi) is 5.32. The van der Waals surface area contributed by atoms with Crippen molar-refractivity contribution in [3.05, 3.63) is 42.1 Å². The van der Waals surface area contributed by atoms with Gasteiger partial charge in [-0.1, -0.05) is 11.3 Å². The van der Waals surface area contributed by atoms with Crippen LogP contribution in [0.25, 0.3) is 11.2 Å². The van der Waals surface area contributed by atoms with Crippen LogP contribution in [0.4, 0.5) is 5.69 Å². The molecule has 146 valence electrons. The number of benzene rings is 1. The molecule has 1 aliphatic heterocycles. The number of hydrogen-bond donors (Lipinski definition) is 0. The monoisotopic (exact) mass is 396 g/mol. The first-order chi connectivity index (χ1) is 13.6. The molecule has 0 atom stereocenters. The van der Waals surface area contributed by atoms with E-state index < -0.39 is 0 Å². The van der Waals surface area contributed by atoms with Crippen molar-refractivity contribution in [1.82, 2.24) is 24.9 Å². The number of rotatable bonds is 4. The Labute approximate surface area is 168 Å². The van der Waals surface area contributed by atoms with Crippen molar-refractivity contribution in [2.45, 2.75) is 23.8 Å². The van der Waals surface area contributed by atoms with Gasteiger partial charge in [0.2, 0.25) is 0 Å². The second kappa shape index (κ2) is 7.89. The molecule has 0 unspecified atom stereocenters. The van der Waals surface area contributed by atoms with Crippen LogP contribution < -0.4 is 4.90 Å². The number of amides is 1. The standard InChI is InChI=1S/C20H24N6OS/c1-24-11-8-14(9-12-24)26(15-5-4-6-16(13-15)28-3)20(27)17-7-10-21-19-18(17)22-23-25(19)2/h4-7,10,13-14H,8-9,11-12H2,1-3H3. The van der Waals surface area contributed by atoms with Crippen LogP contribution in [-0.2, 0) is 7.05 Å². The smallest absolute Gasteiger partial charge is 0.260 e. The van der Waals surface area contributed by atoms with E-state index in [0.29, 0.717) is 16.7 Å². The lowest BCUT2D eigenvalue weighted by Crippen LogP contribution is -2.47. The van der Waals surface area contributed by atoms with E-state index in [1.165, 1.54) is 0 Å². The van der Waals surface area contributed by atoms with Crippen LogP contribution in [0.2, 0.25) is 0 Å². The Morgan fingerprint density at radius 1 is 1.21 bits per heavy atom. The van der Waals surface area contributed by atoms with E-state index in [1.807, 2.05) is 23.3 Å². The number of hydrogen-bond acceptors (Lipinski definition) is 6. The lowest BCUT2D eigenvalue weighted by Gasteiger charge is -2.37. The molecular formula is C20H24N6OS. The number of thioether (sulfide) groups is 1. The molecule has 0 radical (unpaired) electrons. The van der Waals surface area contributed by atoms with Gasteiger partial charge in [0.25, 0.3) is 5.91 Å². The van der Waals surface area contributed by atoms with Gasteiger partial charge in [-0.15, -0.1) is 16.9 Å². The number of anilines is 1. The Bertz CT molecular complexity index is 995. The summed E-state index contributed by atoms with van der Waals surface area (Å²) in [4.78, 5) is 23.5. The van der Waals surface area contributed by atoms with Gasteiger partial charge in [-0.2, -0.15) is 0 Å². The number of likely N-dealkylation sites (tertiary alicyclic amines) is 1. The molecule has 4 rings (SSSR count). The first-order valence-corrected chi connectivity index (χ1v) is 10.6. The number of pyridine rings is 1. The van der Waals surface area contributed by atoms with Crippen LogP contribution in [0.3, 0.4) is 0 Å². The van der Waals surface area contributed by atoms with Gasteiger partial charge in [0, 0.05) is 29.9 Å². The lowest BCUT2D eigenvalue weighted by atomic mass is 10.0. The Hall–Kier alpha value is -2.45. The van der Waals surface area contributed by atoms with E-state index in [-0.39, 0.29) is 11.9 Å². The highest BCUT2D eigenvalue weighted by atomic mass is 32.2. The minimum atomic E-state index is -0.0410. The SMILES string of the molecule is CSc1cccc(N(C(=O)c2ccnc3c2nnn3C)C2CCN(C)CC2)c1. The fourth-order valence-electron chi connectivity index (χ4n) is 3.74. The van der Waals surface area contributed by atoms with Crippen LogP contribution in [-0.4, -0.2) is 63.2 Å². The van der Waals surface area contributed by atoms with Crippen molar-refractivity contribution in [1.29, 1.82) is 0 Å². The van der Waals surface area contributed by atoms with Crippen molar-refractivity contribution in [3.63, 3.8) is 0 Å². The number of aromatic nitrogens is 4. The first-order valence-electron chi connectivity index (χ1n) is 9.39. The Morgan fingerprint density at radius 2 is 2.00 bits per heavy atom. The summed E-state index contributed by atoms with van der Waals surface area (Å²) in [7, 11) is 3.91. The zero-order chi connectivity index (χ0) is 19.7. The van der Waals surface area contributed by atoms with Gasteiger partial charge in [0.15, 0.2) is 5.65 Å². The van der Waals surface area contributed by atoms with Crippen LogP contribution >= 0.6 is 11.8 Å². The van der Waals surface area contributed by atoms with Gasteiger partial charge in [-0.25, -0.2) is 9.67 Å². The van der Waals surface area contributed by atoms with Gasteiger partial charge in [-0.3, -0.25) is 4.79 Å². The summed E-state index contributed by atoms with van der Waals surface area (Å²) in [6, 6.07) is 10.1. The third-order valence-corrected chi connectivity index (χ3v) is 6.05. The minimum absolute atomic E-state index is 0.0410. The maximum absolute atomic E-state index is 13.7. The summed E-state index contributed by atoms with van der Waals surface area (Å²) in [6.07, 6.45) is 5.59. The molecular weight excluding hydrogens is 372 g/mol. The van der Waals surface area contributed by atoms with E-state index >= 15 is 0 Å². The molecule has 2 aromatic heterocycles. The first kappa shape index (κ1) is 18.9. The molecule has 3 heterocycles. The van der Waals surface area contributed by atoms with E-state index in [0.717, 1.165) is 36.5 Å². The third kappa shape index (κ3) is 3.49. The number of carbonyl (C=O) groups excluding carboxylic acids is 1. The second-order valence-electron chi connectivity index (χ2n) is 7.15. The molecule has 7 nitrogen and oxygen atoms in total. The average Bonchev–Trinajstić information content (AvgIpc) is 3.11. The quantitative estimate of drug-likeness (QED) is 0.632. The molecule has 28 heavy (non-hydrogen) atoms. The largest absolute Gasteiger partial charge is 0.306 e. The van der Waals surface area contributed by atoms with Crippen LogP contribution in [0.1, 0.15) is 23.2 Å². The topological polar surface area (TPSA) is 67.2 Å². The summed E-state index contributed by atoms with van der Waals surface area (Å²) in [6.45, 7) is 1.96. The number of aryl methyl sites for hydroxylation is 1. The van der Waals surface area contributed by atoms with Crippen molar-refractivity contribution < 1.29 is 4.79 Å². The highest BCUT2D eigenvalue weighted by molar-refractivity contribution is 7.98. The zero-order valence-electron chi connectivity index (χ0n) is 16.4.